The molecule has 1 heterocycles. The summed E-state index contributed by atoms with van der Waals surface area (Å²) in [7, 11) is 1.91. The van der Waals surface area contributed by atoms with Crippen molar-refractivity contribution in [2.75, 3.05) is 13.7 Å². The second-order valence-electron chi connectivity index (χ2n) is 6.74. The van der Waals surface area contributed by atoms with E-state index in [0.717, 1.165) is 19.3 Å². The highest BCUT2D eigenvalue weighted by atomic mass is 16.5. The van der Waals surface area contributed by atoms with Crippen LogP contribution in [0.1, 0.15) is 65.7 Å². The topological polar surface area (TPSA) is 41.6 Å². The number of nitrogens with zero attached hydrogens (tertiary/aromatic N) is 1. The first-order valence-electron chi connectivity index (χ1n) is 8.71. The smallest absolute Gasteiger partial charge is 0.326 e. The minimum absolute atomic E-state index is 0.0582. The van der Waals surface area contributed by atoms with Crippen LogP contribution in [0.25, 0.3) is 0 Å². The highest BCUT2D eigenvalue weighted by molar-refractivity contribution is 5.81. The van der Waals surface area contributed by atoms with Crippen LogP contribution in [0.2, 0.25) is 0 Å². The van der Waals surface area contributed by atoms with Gasteiger partial charge in [0.15, 0.2) is 0 Å². The van der Waals surface area contributed by atoms with Crippen LogP contribution in [0.4, 0.5) is 0 Å². The summed E-state index contributed by atoms with van der Waals surface area (Å²) in [5.41, 5.74) is -0.473. The molecule has 2 aliphatic rings. The van der Waals surface area contributed by atoms with Crippen LogP contribution in [-0.2, 0) is 9.53 Å². The van der Waals surface area contributed by atoms with Crippen molar-refractivity contribution in [3.63, 3.8) is 0 Å². The summed E-state index contributed by atoms with van der Waals surface area (Å²) in [6.45, 7) is 6.98. The first-order valence-corrected chi connectivity index (χ1v) is 8.71. The molecule has 1 aliphatic carbocycles. The maximum absolute atomic E-state index is 12.4. The Balaban J connectivity index is 2.13. The Kier molecular flexibility index (Phi) is 5.67. The Morgan fingerprint density at radius 2 is 2.10 bits per heavy atom. The minimum Gasteiger partial charge on any atom is -0.465 e. The molecular formula is C17H32N2O2. The normalized spacial score (nSPS) is 37.6. The van der Waals surface area contributed by atoms with E-state index in [1.807, 2.05) is 14.0 Å². The fraction of sp³-hybridized carbons (Fsp3) is 0.941. The van der Waals surface area contributed by atoms with Gasteiger partial charge in [0.25, 0.3) is 0 Å². The van der Waals surface area contributed by atoms with Crippen molar-refractivity contribution in [1.29, 1.82) is 0 Å². The molecule has 4 unspecified atom stereocenters. The Labute approximate surface area is 129 Å². The SMILES string of the molecule is CCOC(=O)C1(NC)CCCC(N2C(C)CCC2CC)C1. The van der Waals surface area contributed by atoms with Gasteiger partial charge in [-0.3, -0.25) is 9.69 Å². The van der Waals surface area contributed by atoms with Gasteiger partial charge in [-0.1, -0.05) is 6.92 Å². The lowest BCUT2D eigenvalue weighted by Gasteiger charge is -2.45. The largest absolute Gasteiger partial charge is 0.465 e. The lowest BCUT2D eigenvalue weighted by atomic mass is 9.78. The fourth-order valence-corrected chi connectivity index (χ4v) is 4.45. The second-order valence-corrected chi connectivity index (χ2v) is 6.74. The summed E-state index contributed by atoms with van der Waals surface area (Å²) in [5, 5.41) is 3.30. The molecule has 4 atom stereocenters. The van der Waals surface area contributed by atoms with Crippen LogP contribution in [0.3, 0.4) is 0 Å². The van der Waals surface area contributed by atoms with E-state index in [9.17, 15) is 4.79 Å². The molecule has 0 bridgehead atoms. The summed E-state index contributed by atoms with van der Waals surface area (Å²) in [5.74, 6) is -0.0582. The second kappa shape index (κ2) is 7.10. The molecule has 0 radical (unpaired) electrons. The molecule has 0 aromatic heterocycles. The standard InChI is InChI=1S/C17H32N2O2/c1-5-14-10-9-13(3)19(14)15-8-7-11-17(12-15,18-4)16(20)21-6-2/h13-15,18H,5-12H2,1-4H3. The Bertz CT molecular complexity index is 361. The molecule has 4 heteroatoms. The number of rotatable bonds is 5. The molecule has 21 heavy (non-hydrogen) atoms. The third kappa shape index (κ3) is 3.26. The number of hydrogen-bond donors (Lipinski definition) is 1. The molecule has 1 N–H and O–H groups in total. The summed E-state index contributed by atoms with van der Waals surface area (Å²) in [6.07, 6.45) is 7.92. The zero-order chi connectivity index (χ0) is 15.5. The van der Waals surface area contributed by atoms with Crippen LogP contribution >= 0.6 is 0 Å². The number of carbonyl (C=O) groups is 1. The monoisotopic (exact) mass is 296 g/mol. The molecule has 4 nitrogen and oxygen atoms in total. The van der Waals surface area contributed by atoms with Gasteiger partial charge < -0.3 is 10.1 Å². The number of hydrogen-bond acceptors (Lipinski definition) is 4. The zero-order valence-corrected chi connectivity index (χ0v) is 14.2. The van der Waals surface area contributed by atoms with Gasteiger partial charge in [0.1, 0.15) is 5.54 Å². The van der Waals surface area contributed by atoms with E-state index in [4.69, 9.17) is 4.74 Å². The van der Waals surface area contributed by atoms with Crippen molar-refractivity contribution in [3.8, 4) is 0 Å². The van der Waals surface area contributed by atoms with E-state index in [0.29, 0.717) is 24.7 Å². The summed E-state index contributed by atoms with van der Waals surface area (Å²) < 4.78 is 5.35. The van der Waals surface area contributed by atoms with Crippen LogP contribution < -0.4 is 5.32 Å². The third-order valence-corrected chi connectivity index (χ3v) is 5.61. The quantitative estimate of drug-likeness (QED) is 0.792. The highest BCUT2D eigenvalue weighted by Crippen LogP contribution is 2.38. The summed E-state index contributed by atoms with van der Waals surface area (Å²) >= 11 is 0. The molecule has 1 saturated heterocycles. The van der Waals surface area contributed by atoms with Crippen LogP contribution in [0, 0.1) is 0 Å². The molecule has 0 aromatic rings. The molecule has 1 aliphatic heterocycles. The van der Waals surface area contributed by atoms with Gasteiger partial charge in [0.2, 0.25) is 0 Å². The van der Waals surface area contributed by atoms with E-state index < -0.39 is 5.54 Å². The first-order chi connectivity index (χ1) is 10.1. The van der Waals surface area contributed by atoms with Crippen molar-refractivity contribution >= 4 is 5.97 Å². The van der Waals surface area contributed by atoms with Crippen molar-refractivity contribution in [2.24, 2.45) is 0 Å². The molecule has 1 saturated carbocycles. The Hall–Kier alpha value is -0.610. The number of ether oxygens (including phenoxy) is 1. The fourth-order valence-electron chi connectivity index (χ4n) is 4.45. The molecule has 0 aromatic carbocycles. The maximum atomic E-state index is 12.4. The number of nitrogens with one attached hydrogen (secondary N) is 1. The third-order valence-electron chi connectivity index (χ3n) is 5.61. The van der Waals surface area contributed by atoms with Crippen molar-refractivity contribution in [2.45, 2.75) is 89.4 Å². The van der Waals surface area contributed by atoms with Gasteiger partial charge in [-0.25, -0.2) is 0 Å². The van der Waals surface area contributed by atoms with Gasteiger partial charge in [-0.05, 0) is 65.8 Å². The predicted octanol–water partition coefficient (Wildman–Crippen LogP) is 2.71. The van der Waals surface area contributed by atoms with Crippen molar-refractivity contribution in [1.82, 2.24) is 10.2 Å². The number of esters is 1. The molecule has 2 rings (SSSR count). The van der Waals surface area contributed by atoms with E-state index in [1.54, 1.807) is 0 Å². The Morgan fingerprint density at radius 1 is 1.33 bits per heavy atom. The zero-order valence-electron chi connectivity index (χ0n) is 14.2. The Morgan fingerprint density at radius 3 is 2.71 bits per heavy atom. The lowest BCUT2D eigenvalue weighted by Crippen LogP contribution is -2.59. The molecule has 0 amide bonds. The maximum Gasteiger partial charge on any atom is 0.326 e. The molecule has 122 valence electrons. The van der Waals surface area contributed by atoms with Gasteiger partial charge in [-0.15, -0.1) is 0 Å². The number of carbonyl (C=O) groups excluding carboxylic acids is 1. The van der Waals surface area contributed by atoms with Gasteiger partial charge in [0, 0.05) is 18.1 Å². The average Bonchev–Trinajstić information content (AvgIpc) is 2.88. The number of likely N-dealkylation sites (tertiary alicyclic amines) is 1. The summed E-state index contributed by atoms with van der Waals surface area (Å²) in [6, 6.07) is 1.85. The van der Waals surface area contributed by atoms with E-state index in [2.05, 4.69) is 24.1 Å². The highest BCUT2D eigenvalue weighted by Gasteiger charge is 2.46. The van der Waals surface area contributed by atoms with E-state index in [-0.39, 0.29) is 5.97 Å². The minimum atomic E-state index is -0.473. The average molecular weight is 296 g/mol. The molecular weight excluding hydrogens is 264 g/mol. The first kappa shape index (κ1) is 16.8. The molecule has 0 spiro atoms. The van der Waals surface area contributed by atoms with Crippen molar-refractivity contribution < 1.29 is 9.53 Å². The van der Waals surface area contributed by atoms with Crippen molar-refractivity contribution in [3.05, 3.63) is 0 Å². The number of likely N-dealkylation sites (N-methyl/N-ethyl adjacent to an activating group) is 1. The van der Waals surface area contributed by atoms with E-state index in [1.165, 1.54) is 25.7 Å². The predicted molar refractivity (Wildman–Crippen MR) is 85.3 cm³/mol. The molecule has 2 fully saturated rings. The van der Waals surface area contributed by atoms with Crippen LogP contribution in [-0.4, -0.2) is 48.2 Å². The van der Waals surface area contributed by atoms with Gasteiger partial charge in [0.05, 0.1) is 6.61 Å². The van der Waals surface area contributed by atoms with Gasteiger partial charge >= 0.3 is 5.97 Å². The van der Waals surface area contributed by atoms with Crippen LogP contribution in [0.5, 0.6) is 0 Å². The lowest BCUT2D eigenvalue weighted by molar-refractivity contribution is -0.153. The van der Waals surface area contributed by atoms with E-state index >= 15 is 0 Å². The van der Waals surface area contributed by atoms with Crippen LogP contribution in [0.15, 0.2) is 0 Å². The summed E-state index contributed by atoms with van der Waals surface area (Å²) in [4.78, 5) is 15.1. The van der Waals surface area contributed by atoms with Gasteiger partial charge in [-0.2, -0.15) is 0 Å².